The maximum Gasteiger partial charge on any atom is 0.0967 e. The zero-order valence-electron chi connectivity index (χ0n) is 6.68. The predicted molar refractivity (Wildman–Crippen MR) is 45.9 cm³/mol. The lowest BCUT2D eigenvalue weighted by Crippen LogP contribution is -3.00. The van der Waals surface area contributed by atoms with Crippen LogP contribution in [0.4, 0.5) is 0 Å². The molecule has 0 saturated heterocycles. The van der Waals surface area contributed by atoms with Crippen LogP contribution in [0.5, 0.6) is 0 Å². The number of rotatable bonds is 4. The monoisotopic (exact) mass is 181 g/mol. The van der Waals surface area contributed by atoms with E-state index in [1.165, 1.54) is 0 Å². The van der Waals surface area contributed by atoms with E-state index in [0.29, 0.717) is 0 Å². The van der Waals surface area contributed by atoms with Crippen molar-refractivity contribution in [3.63, 3.8) is 0 Å². The maximum absolute atomic E-state index is 4.16. The standard InChI is InChI=1S/C7H15NS.ClH/c1-4-5-8(2,3)6-7-9;/h4H,1,5-7H2,2-3H3;1H. The third kappa shape index (κ3) is 6.46. The number of likely N-dealkylation sites (N-methyl/N-ethyl adjacent to an activating group) is 1. The molecule has 0 aliphatic rings. The zero-order chi connectivity index (χ0) is 7.33. The Kier molecular flexibility index (Phi) is 7.88. The van der Waals surface area contributed by atoms with Crippen LogP contribution in [0.25, 0.3) is 0 Å². The number of hydrogen-bond donors (Lipinski definition) is 1. The Balaban J connectivity index is 0. The minimum Gasteiger partial charge on any atom is -1.00 e. The van der Waals surface area contributed by atoms with Gasteiger partial charge in [0.1, 0.15) is 0 Å². The lowest BCUT2D eigenvalue weighted by Gasteiger charge is -2.27. The molecule has 0 bridgehead atoms. The Morgan fingerprint density at radius 3 is 2.30 bits per heavy atom. The van der Waals surface area contributed by atoms with Crippen LogP contribution in [0.2, 0.25) is 0 Å². The van der Waals surface area contributed by atoms with Gasteiger partial charge in [-0.1, -0.05) is 6.58 Å². The summed E-state index contributed by atoms with van der Waals surface area (Å²) in [5.74, 6) is 0.945. The lowest BCUT2D eigenvalue weighted by atomic mass is 10.4. The fourth-order valence-electron chi connectivity index (χ4n) is 0.711. The van der Waals surface area contributed by atoms with E-state index < -0.39 is 0 Å². The van der Waals surface area contributed by atoms with Gasteiger partial charge >= 0.3 is 0 Å². The second-order valence-corrected chi connectivity index (χ2v) is 3.30. The van der Waals surface area contributed by atoms with Gasteiger partial charge in [-0.15, -0.1) is 0 Å². The van der Waals surface area contributed by atoms with Gasteiger partial charge in [0.05, 0.1) is 27.2 Å². The third-order valence-electron chi connectivity index (χ3n) is 1.33. The van der Waals surface area contributed by atoms with Gasteiger partial charge < -0.3 is 16.9 Å². The molecule has 0 N–H and O–H groups in total. The molecule has 0 aromatic carbocycles. The Morgan fingerprint density at radius 2 is 2.00 bits per heavy atom. The molecule has 0 aromatic rings. The molecule has 0 radical (unpaired) electrons. The van der Waals surface area contributed by atoms with Crippen molar-refractivity contribution in [2.45, 2.75) is 0 Å². The van der Waals surface area contributed by atoms with Crippen molar-refractivity contribution in [3.8, 4) is 0 Å². The van der Waals surface area contributed by atoms with E-state index in [-0.39, 0.29) is 12.4 Å². The van der Waals surface area contributed by atoms with Gasteiger partial charge in [0.2, 0.25) is 0 Å². The van der Waals surface area contributed by atoms with E-state index in [1.807, 2.05) is 6.08 Å². The molecule has 1 nitrogen and oxygen atoms in total. The highest BCUT2D eigenvalue weighted by atomic mass is 35.5. The predicted octanol–water partition coefficient (Wildman–Crippen LogP) is -1.82. The van der Waals surface area contributed by atoms with Gasteiger partial charge in [-0.25, -0.2) is 0 Å². The van der Waals surface area contributed by atoms with Crippen LogP contribution < -0.4 is 12.4 Å². The first-order chi connectivity index (χ1) is 4.12. The molecule has 0 rings (SSSR count). The molecule has 0 saturated carbocycles. The van der Waals surface area contributed by atoms with Crippen LogP contribution in [-0.4, -0.2) is 37.4 Å². The molecule has 0 aromatic heterocycles. The SMILES string of the molecule is C=CC[N+](C)(C)CCS.[Cl-]. The van der Waals surface area contributed by atoms with Gasteiger partial charge in [-0.2, -0.15) is 12.6 Å². The largest absolute Gasteiger partial charge is 1.00 e. The van der Waals surface area contributed by atoms with E-state index >= 15 is 0 Å². The molecule has 0 aliphatic carbocycles. The second kappa shape index (κ2) is 6.08. The van der Waals surface area contributed by atoms with E-state index in [1.54, 1.807) is 0 Å². The number of thiol groups is 1. The molecule has 0 atom stereocenters. The third-order valence-corrected chi connectivity index (χ3v) is 1.53. The van der Waals surface area contributed by atoms with E-state index in [9.17, 15) is 0 Å². The fourth-order valence-corrected chi connectivity index (χ4v) is 1.25. The molecular formula is C7H16ClNS. The van der Waals surface area contributed by atoms with E-state index in [4.69, 9.17) is 0 Å². The van der Waals surface area contributed by atoms with Crippen molar-refractivity contribution < 1.29 is 16.9 Å². The first-order valence-electron chi connectivity index (χ1n) is 3.16. The van der Waals surface area contributed by atoms with Crippen LogP contribution >= 0.6 is 12.6 Å². The summed E-state index contributed by atoms with van der Waals surface area (Å²) < 4.78 is 0.993. The highest BCUT2D eigenvalue weighted by Gasteiger charge is 2.09. The van der Waals surface area contributed by atoms with Crippen LogP contribution in [0.3, 0.4) is 0 Å². The van der Waals surface area contributed by atoms with Gasteiger partial charge in [-0.05, 0) is 6.08 Å². The lowest BCUT2D eigenvalue weighted by molar-refractivity contribution is -0.881. The molecule has 0 aliphatic heterocycles. The van der Waals surface area contributed by atoms with Crippen molar-refractivity contribution in [2.75, 3.05) is 32.9 Å². The quantitative estimate of drug-likeness (QED) is 0.295. The molecular weight excluding hydrogens is 166 g/mol. The Labute approximate surface area is 75.5 Å². The van der Waals surface area contributed by atoms with Gasteiger partial charge in [0.25, 0.3) is 0 Å². The maximum atomic E-state index is 4.16. The average molecular weight is 182 g/mol. The van der Waals surface area contributed by atoms with Gasteiger partial charge in [-0.3, -0.25) is 0 Å². The fraction of sp³-hybridized carbons (Fsp3) is 0.714. The van der Waals surface area contributed by atoms with E-state index in [2.05, 4.69) is 33.3 Å². The summed E-state index contributed by atoms with van der Waals surface area (Å²) in [4.78, 5) is 0. The van der Waals surface area contributed by atoms with Crippen molar-refractivity contribution in [1.82, 2.24) is 0 Å². The van der Waals surface area contributed by atoms with Crippen LogP contribution in [0.1, 0.15) is 0 Å². The normalized spacial score (nSPS) is 10.3. The van der Waals surface area contributed by atoms with E-state index in [0.717, 1.165) is 23.3 Å². The molecule has 0 heterocycles. The summed E-state index contributed by atoms with van der Waals surface area (Å²) in [6.45, 7) is 5.82. The summed E-state index contributed by atoms with van der Waals surface area (Å²) in [5.41, 5.74) is 0. The number of quaternary nitrogens is 1. The highest BCUT2D eigenvalue weighted by molar-refractivity contribution is 7.80. The minimum atomic E-state index is 0. The Bertz CT molecular complexity index is 93.6. The van der Waals surface area contributed by atoms with Crippen molar-refractivity contribution in [3.05, 3.63) is 12.7 Å². The zero-order valence-corrected chi connectivity index (χ0v) is 8.33. The average Bonchev–Trinajstić information content (AvgIpc) is 1.64. The Morgan fingerprint density at radius 1 is 1.50 bits per heavy atom. The summed E-state index contributed by atoms with van der Waals surface area (Å²) in [5, 5.41) is 0. The number of hydrogen-bond acceptors (Lipinski definition) is 1. The number of halogens is 1. The first-order valence-corrected chi connectivity index (χ1v) is 3.79. The van der Waals surface area contributed by atoms with Crippen LogP contribution in [0.15, 0.2) is 12.7 Å². The molecule has 10 heavy (non-hydrogen) atoms. The van der Waals surface area contributed by atoms with Crippen molar-refractivity contribution in [1.29, 1.82) is 0 Å². The second-order valence-electron chi connectivity index (χ2n) is 2.85. The summed E-state index contributed by atoms with van der Waals surface area (Å²) >= 11 is 4.16. The minimum absolute atomic E-state index is 0. The molecule has 0 spiro atoms. The Hall–Kier alpha value is 0.340. The molecule has 0 amide bonds. The molecule has 62 valence electrons. The van der Waals surface area contributed by atoms with Gasteiger partial charge in [0.15, 0.2) is 0 Å². The summed E-state index contributed by atoms with van der Waals surface area (Å²) in [6.07, 6.45) is 1.95. The highest BCUT2D eigenvalue weighted by Crippen LogP contribution is 1.96. The van der Waals surface area contributed by atoms with Crippen molar-refractivity contribution >= 4 is 12.6 Å². The molecule has 0 unspecified atom stereocenters. The molecule has 0 fully saturated rings. The summed E-state index contributed by atoms with van der Waals surface area (Å²) in [6, 6.07) is 0. The molecule has 3 heteroatoms. The smallest absolute Gasteiger partial charge is 0.0967 e. The van der Waals surface area contributed by atoms with Crippen molar-refractivity contribution in [2.24, 2.45) is 0 Å². The van der Waals surface area contributed by atoms with Gasteiger partial charge in [0, 0.05) is 5.75 Å². The van der Waals surface area contributed by atoms with Crippen LogP contribution in [0, 0.1) is 0 Å². The van der Waals surface area contributed by atoms with Crippen LogP contribution in [-0.2, 0) is 0 Å². The first kappa shape index (κ1) is 13.0. The summed E-state index contributed by atoms with van der Waals surface area (Å²) in [7, 11) is 4.36. The topological polar surface area (TPSA) is 0 Å². The number of nitrogens with zero attached hydrogens (tertiary/aromatic N) is 1.